The Hall–Kier alpha value is -1.78. The van der Waals surface area contributed by atoms with E-state index in [1.165, 1.54) is 12.1 Å². The average molecular weight is 199 g/mol. The van der Waals surface area contributed by atoms with Gasteiger partial charge in [0.05, 0.1) is 0 Å². The Balaban J connectivity index is 2.44. The summed E-state index contributed by atoms with van der Waals surface area (Å²) in [6.07, 6.45) is 1.58. The number of rotatable bonds is 2. The fourth-order valence-corrected chi connectivity index (χ4v) is 1.27. The van der Waals surface area contributed by atoms with E-state index in [9.17, 15) is 13.9 Å². The number of halogens is 2. The summed E-state index contributed by atoms with van der Waals surface area (Å²) in [5.41, 5.74) is 0. The Labute approximate surface area is 77.9 Å². The van der Waals surface area contributed by atoms with Gasteiger partial charge in [-0.2, -0.15) is 8.78 Å². The molecule has 0 aliphatic carbocycles. The van der Waals surface area contributed by atoms with Gasteiger partial charge in [0.25, 0.3) is 0 Å². The topological polar surface area (TPSA) is 45.2 Å². The Morgan fingerprint density at radius 1 is 1.36 bits per heavy atom. The lowest BCUT2D eigenvalue weighted by Gasteiger charge is -2.03. The van der Waals surface area contributed by atoms with Gasteiger partial charge in [-0.05, 0) is 18.2 Å². The standard InChI is InChI=1S/C9H7F2NO2/c10-9(11)14-6-2-1-5-4-12-8(13)7(5)3-6/h1-4,9,12-13H. The molecule has 2 rings (SSSR count). The molecular formula is C9H7F2NO2. The molecule has 0 saturated heterocycles. The van der Waals surface area contributed by atoms with Crippen LogP contribution >= 0.6 is 0 Å². The number of hydrogen-bond acceptors (Lipinski definition) is 2. The van der Waals surface area contributed by atoms with Crippen LogP contribution in [0.4, 0.5) is 8.78 Å². The third kappa shape index (κ3) is 1.48. The van der Waals surface area contributed by atoms with Gasteiger partial charge in [-0.1, -0.05) is 0 Å². The van der Waals surface area contributed by atoms with Crippen molar-refractivity contribution in [1.29, 1.82) is 0 Å². The number of ether oxygens (including phenoxy) is 1. The molecule has 0 fully saturated rings. The van der Waals surface area contributed by atoms with Gasteiger partial charge in [0.2, 0.25) is 0 Å². The number of aromatic amines is 1. The van der Waals surface area contributed by atoms with Crippen molar-refractivity contribution in [2.45, 2.75) is 6.61 Å². The summed E-state index contributed by atoms with van der Waals surface area (Å²) in [5, 5.41) is 10.5. The molecule has 2 N–H and O–H groups in total. The van der Waals surface area contributed by atoms with E-state index >= 15 is 0 Å². The van der Waals surface area contributed by atoms with Crippen LogP contribution in [-0.2, 0) is 0 Å². The molecule has 0 bridgehead atoms. The number of fused-ring (bicyclic) bond motifs is 1. The second kappa shape index (κ2) is 3.17. The van der Waals surface area contributed by atoms with Gasteiger partial charge in [0.15, 0.2) is 5.88 Å². The summed E-state index contributed by atoms with van der Waals surface area (Å²) < 4.78 is 27.9. The summed E-state index contributed by atoms with van der Waals surface area (Å²) in [5.74, 6) is -0.0258. The number of aromatic hydroxyl groups is 1. The highest BCUT2D eigenvalue weighted by Gasteiger charge is 2.07. The molecule has 74 valence electrons. The maximum absolute atomic E-state index is 11.9. The van der Waals surface area contributed by atoms with Crippen molar-refractivity contribution in [3.05, 3.63) is 24.4 Å². The smallest absolute Gasteiger partial charge is 0.387 e. The molecule has 0 radical (unpaired) electrons. The first-order chi connectivity index (χ1) is 6.66. The Bertz CT molecular complexity index is 453. The second-order valence-corrected chi connectivity index (χ2v) is 2.76. The summed E-state index contributed by atoms with van der Waals surface area (Å²) in [4.78, 5) is 2.57. The zero-order valence-corrected chi connectivity index (χ0v) is 7.00. The highest BCUT2D eigenvalue weighted by atomic mass is 19.3. The van der Waals surface area contributed by atoms with Crippen LogP contribution in [0.2, 0.25) is 0 Å². The van der Waals surface area contributed by atoms with Crippen LogP contribution in [0.3, 0.4) is 0 Å². The highest BCUT2D eigenvalue weighted by Crippen LogP contribution is 2.28. The van der Waals surface area contributed by atoms with Crippen LogP contribution in [-0.4, -0.2) is 16.7 Å². The van der Waals surface area contributed by atoms with E-state index in [1.54, 1.807) is 12.3 Å². The molecule has 3 nitrogen and oxygen atoms in total. The second-order valence-electron chi connectivity index (χ2n) is 2.76. The van der Waals surface area contributed by atoms with Crippen LogP contribution in [0.15, 0.2) is 24.4 Å². The first-order valence-electron chi connectivity index (χ1n) is 3.92. The predicted octanol–water partition coefficient (Wildman–Crippen LogP) is 2.47. The maximum Gasteiger partial charge on any atom is 0.387 e. The van der Waals surface area contributed by atoms with E-state index < -0.39 is 6.61 Å². The Morgan fingerprint density at radius 2 is 2.14 bits per heavy atom. The van der Waals surface area contributed by atoms with E-state index in [2.05, 4.69) is 9.72 Å². The Morgan fingerprint density at radius 3 is 2.86 bits per heavy atom. The molecule has 1 aromatic carbocycles. The zero-order chi connectivity index (χ0) is 10.1. The van der Waals surface area contributed by atoms with Crippen LogP contribution < -0.4 is 4.74 Å². The van der Waals surface area contributed by atoms with Gasteiger partial charge < -0.3 is 14.8 Å². The number of benzene rings is 1. The van der Waals surface area contributed by atoms with E-state index in [-0.39, 0.29) is 11.6 Å². The van der Waals surface area contributed by atoms with Gasteiger partial charge in [0.1, 0.15) is 5.75 Å². The van der Waals surface area contributed by atoms with Crippen molar-refractivity contribution in [1.82, 2.24) is 4.98 Å². The first kappa shape index (κ1) is 8.80. The minimum absolute atomic E-state index is 0.0300. The first-order valence-corrected chi connectivity index (χ1v) is 3.92. The molecule has 0 saturated carbocycles. The van der Waals surface area contributed by atoms with E-state index in [1.807, 2.05) is 0 Å². The summed E-state index contributed by atoms with van der Waals surface area (Å²) >= 11 is 0. The summed E-state index contributed by atoms with van der Waals surface area (Å²) in [7, 11) is 0. The molecule has 0 atom stereocenters. The SMILES string of the molecule is Oc1[nH]cc2ccc(OC(F)F)cc12. The summed E-state index contributed by atoms with van der Waals surface area (Å²) in [6.45, 7) is -2.85. The Kier molecular flexibility index (Phi) is 1.99. The van der Waals surface area contributed by atoms with Crippen molar-refractivity contribution in [2.24, 2.45) is 0 Å². The van der Waals surface area contributed by atoms with Gasteiger partial charge in [-0.25, -0.2) is 0 Å². The average Bonchev–Trinajstić information content (AvgIpc) is 2.47. The number of hydrogen-bond donors (Lipinski definition) is 2. The van der Waals surface area contributed by atoms with E-state index in [0.717, 1.165) is 5.39 Å². The lowest BCUT2D eigenvalue weighted by Crippen LogP contribution is -2.01. The molecule has 14 heavy (non-hydrogen) atoms. The highest BCUT2D eigenvalue weighted by molar-refractivity contribution is 5.88. The lowest BCUT2D eigenvalue weighted by atomic mass is 10.2. The van der Waals surface area contributed by atoms with Gasteiger partial charge in [-0.15, -0.1) is 0 Å². The van der Waals surface area contributed by atoms with Crippen molar-refractivity contribution in [3.63, 3.8) is 0 Å². The maximum atomic E-state index is 11.9. The lowest BCUT2D eigenvalue weighted by molar-refractivity contribution is -0.0497. The van der Waals surface area contributed by atoms with Crippen LogP contribution in [0.25, 0.3) is 10.8 Å². The van der Waals surface area contributed by atoms with Gasteiger partial charge in [-0.3, -0.25) is 0 Å². The van der Waals surface area contributed by atoms with Gasteiger partial charge >= 0.3 is 6.61 Å². The molecule has 0 aliphatic rings. The number of H-pyrrole nitrogens is 1. The van der Waals surface area contributed by atoms with Crippen molar-refractivity contribution >= 4 is 10.8 Å². The normalized spacial score (nSPS) is 11.1. The van der Waals surface area contributed by atoms with E-state index in [4.69, 9.17) is 0 Å². The van der Waals surface area contributed by atoms with E-state index in [0.29, 0.717) is 5.39 Å². The molecular weight excluding hydrogens is 192 g/mol. The number of aromatic nitrogens is 1. The number of alkyl halides is 2. The van der Waals surface area contributed by atoms with Crippen LogP contribution in [0.5, 0.6) is 11.6 Å². The van der Waals surface area contributed by atoms with Crippen LogP contribution in [0.1, 0.15) is 0 Å². The molecule has 0 aliphatic heterocycles. The summed E-state index contributed by atoms with van der Waals surface area (Å²) in [6, 6.07) is 4.36. The molecule has 5 heteroatoms. The van der Waals surface area contributed by atoms with Crippen LogP contribution in [0, 0.1) is 0 Å². The van der Waals surface area contributed by atoms with Gasteiger partial charge in [0, 0.05) is 17.0 Å². The van der Waals surface area contributed by atoms with Crippen molar-refractivity contribution in [2.75, 3.05) is 0 Å². The fraction of sp³-hybridized carbons (Fsp3) is 0.111. The largest absolute Gasteiger partial charge is 0.494 e. The zero-order valence-electron chi connectivity index (χ0n) is 7.00. The molecule has 2 aromatic rings. The molecule has 0 amide bonds. The molecule has 1 aromatic heterocycles. The predicted molar refractivity (Wildman–Crippen MR) is 46.6 cm³/mol. The van der Waals surface area contributed by atoms with Crippen molar-refractivity contribution in [3.8, 4) is 11.6 Å². The molecule has 0 unspecified atom stereocenters. The quantitative estimate of drug-likeness (QED) is 0.780. The fourth-order valence-electron chi connectivity index (χ4n) is 1.27. The monoisotopic (exact) mass is 199 g/mol. The minimum Gasteiger partial charge on any atom is -0.494 e. The number of nitrogens with one attached hydrogen (secondary N) is 1. The molecule has 0 spiro atoms. The molecule has 1 heterocycles. The third-order valence-electron chi connectivity index (χ3n) is 1.87. The van der Waals surface area contributed by atoms with Crippen molar-refractivity contribution < 1.29 is 18.6 Å². The third-order valence-corrected chi connectivity index (χ3v) is 1.87. The minimum atomic E-state index is -2.85.